The van der Waals surface area contributed by atoms with Gasteiger partial charge in [-0.2, -0.15) is 0 Å². The van der Waals surface area contributed by atoms with Crippen LogP contribution in [0.1, 0.15) is 32.6 Å². The summed E-state index contributed by atoms with van der Waals surface area (Å²) >= 11 is 0. The first kappa shape index (κ1) is 15.3. The number of carbonyl (C=O) groups is 2. The van der Waals surface area contributed by atoms with Gasteiger partial charge < -0.3 is 20.3 Å². The molecule has 0 radical (unpaired) electrons. The van der Waals surface area contributed by atoms with Crippen molar-refractivity contribution in [1.82, 2.24) is 15.5 Å². The molecule has 2 saturated heterocycles. The van der Waals surface area contributed by atoms with Gasteiger partial charge in [-0.25, -0.2) is 0 Å². The maximum Gasteiger partial charge on any atom is 0.244 e. The SMILES string of the molecule is CC(NC(=O)CC1COCCN1)C(=O)N1CCCCC1. The Labute approximate surface area is 120 Å². The fraction of sp³-hybridized carbons (Fsp3) is 0.857. The lowest BCUT2D eigenvalue weighted by molar-refractivity contribution is -0.137. The van der Waals surface area contributed by atoms with Crippen molar-refractivity contribution in [3.63, 3.8) is 0 Å². The number of nitrogens with one attached hydrogen (secondary N) is 2. The van der Waals surface area contributed by atoms with Crippen LogP contribution in [0.4, 0.5) is 0 Å². The van der Waals surface area contributed by atoms with Crippen molar-refractivity contribution >= 4 is 11.8 Å². The summed E-state index contributed by atoms with van der Waals surface area (Å²) in [6, 6.07) is -0.383. The molecule has 6 heteroatoms. The van der Waals surface area contributed by atoms with Gasteiger partial charge in [0.15, 0.2) is 0 Å². The standard InChI is InChI=1S/C14H25N3O3/c1-11(14(19)17-6-3-2-4-7-17)16-13(18)9-12-10-20-8-5-15-12/h11-12,15H,2-10H2,1H3,(H,16,18). The monoisotopic (exact) mass is 283 g/mol. The zero-order valence-corrected chi connectivity index (χ0v) is 12.2. The first-order chi connectivity index (χ1) is 9.66. The van der Waals surface area contributed by atoms with Crippen molar-refractivity contribution in [2.24, 2.45) is 0 Å². The third-order valence-corrected chi connectivity index (χ3v) is 3.85. The Hall–Kier alpha value is -1.14. The number of carbonyl (C=O) groups excluding carboxylic acids is 2. The molecule has 0 spiro atoms. The Bertz CT molecular complexity index is 337. The van der Waals surface area contributed by atoms with E-state index in [4.69, 9.17) is 4.74 Å². The van der Waals surface area contributed by atoms with Crippen LogP contribution in [0.5, 0.6) is 0 Å². The van der Waals surface area contributed by atoms with E-state index in [1.807, 2.05) is 4.90 Å². The summed E-state index contributed by atoms with van der Waals surface area (Å²) in [6.45, 7) is 5.43. The zero-order chi connectivity index (χ0) is 14.4. The highest BCUT2D eigenvalue weighted by atomic mass is 16.5. The van der Waals surface area contributed by atoms with Crippen molar-refractivity contribution in [3.05, 3.63) is 0 Å². The van der Waals surface area contributed by atoms with Gasteiger partial charge in [0, 0.05) is 32.1 Å². The molecule has 114 valence electrons. The molecule has 2 N–H and O–H groups in total. The third kappa shape index (κ3) is 4.45. The summed E-state index contributed by atoms with van der Waals surface area (Å²) in [6.07, 6.45) is 3.68. The van der Waals surface area contributed by atoms with Crippen LogP contribution in [0.15, 0.2) is 0 Å². The highest BCUT2D eigenvalue weighted by Gasteiger charge is 2.24. The Balaban J connectivity index is 1.73. The van der Waals surface area contributed by atoms with Crippen LogP contribution < -0.4 is 10.6 Å². The highest BCUT2D eigenvalue weighted by molar-refractivity contribution is 5.87. The van der Waals surface area contributed by atoms with Gasteiger partial charge in [0.05, 0.1) is 13.2 Å². The van der Waals surface area contributed by atoms with Gasteiger partial charge in [-0.3, -0.25) is 9.59 Å². The van der Waals surface area contributed by atoms with E-state index >= 15 is 0 Å². The molecule has 6 nitrogen and oxygen atoms in total. The topological polar surface area (TPSA) is 70.7 Å². The average Bonchev–Trinajstić information content (AvgIpc) is 2.48. The predicted octanol–water partition coefficient (Wildman–Crippen LogP) is -0.118. The Morgan fingerprint density at radius 3 is 2.75 bits per heavy atom. The normalized spacial score (nSPS) is 25.1. The van der Waals surface area contributed by atoms with E-state index in [1.165, 1.54) is 6.42 Å². The number of rotatable bonds is 4. The zero-order valence-electron chi connectivity index (χ0n) is 12.2. The van der Waals surface area contributed by atoms with Gasteiger partial charge >= 0.3 is 0 Å². The molecule has 20 heavy (non-hydrogen) atoms. The summed E-state index contributed by atoms with van der Waals surface area (Å²) in [4.78, 5) is 26.0. The number of morpholine rings is 1. The second-order valence-corrected chi connectivity index (χ2v) is 5.61. The second kappa shape index (κ2) is 7.59. The van der Waals surface area contributed by atoms with E-state index in [1.54, 1.807) is 6.92 Å². The summed E-state index contributed by atoms with van der Waals surface area (Å²) in [5.41, 5.74) is 0. The van der Waals surface area contributed by atoms with E-state index in [2.05, 4.69) is 10.6 Å². The molecule has 0 bridgehead atoms. The molecule has 0 aromatic heterocycles. The number of amides is 2. The van der Waals surface area contributed by atoms with Gasteiger partial charge in [-0.05, 0) is 26.2 Å². The van der Waals surface area contributed by atoms with Gasteiger partial charge in [-0.15, -0.1) is 0 Å². The fourth-order valence-corrected chi connectivity index (χ4v) is 2.72. The molecular weight excluding hydrogens is 258 g/mol. The molecule has 0 aromatic rings. The summed E-state index contributed by atoms with van der Waals surface area (Å²) in [5.74, 6) is -0.0586. The minimum Gasteiger partial charge on any atom is -0.378 e. The van der Waals surface area contributed by atoms with E-state index in [0.29, 0.717) is 19.6 Å². The lowest BCUT2D eigenvalue weighted by Gasteiger charge is -2.30. The summed E-state index contributed by atoms with van der Waals surface area (Å²) in [7, 11) is 0. The van der Waals surface area contributed by atoms with Crippen molar-refractivity contribution in [1.29, 1.82) is 0 Å². The molecule has 2 fully saturated rings. The Morgan fingerprint density at radius 1 is 1.35 bits per heavy atom. The maximum absolute atomic E-state index is 12.2. The van der Waals surface area contributed by atoms with Crippen LogP contribution in [0, 0.1) is 0 Å². The molecular formula is C14H25N3O3. The lowest BCUT2D eigenvalue weighted by atomic mass is 10.1. The third-order valence-electron chi connectivity index (χ3n) is 3.85. The number of piperidine rings is 1. The number of hydrogen-bond acceptors (Lipinski definition) is 4. The molecule has 2 rings (SSSR count). The van der Waals surface area contributed by atoms with Crippen molar-refractivity contribution in [2.75, 3.05) is 32.8 Å². The molecule has 0 saturated carbocycles. The fourth-order valence-electron chi connectivity index (χ4n) is 2.72. The van der Waals surface area contributed by atoms with E-state index in [9.17, 15) is 9.59 Å². The number of nitrogens with zero attached hydrogens (tertiary/aromatic N) is 1. The molecule has 2 atom stereocenters. The largest absolute Gasteiger partial charge is 0.378 e. The van der Waals surface area contributed by atoms with Crippen molar-refractivity contribution < 1.29 is 14.3 Å². The van der Waals surface area contributed by atoms with Gasteiger partial charge in [0.1, 0.15) is 6.04 Å². The first-order valence-electron chi connectivity index (χ1n) is 7.56. The van der Waals surface area contributed by atoms with Crippen LogP contribution in [-0.2, 0) is 14.3 Å². The van der Waals surface area contributed by atoms with Crippen LogP contribution in [0.25, 0.3) is 0 Å². The molecule has 2 aliphatic rings. The first-order valence-corrected chi connectivity index (χ1v) is 7.56. The molecule has 0 aromatic carbocycles. The quantitative estimate of drug-likeness (QED) is 0.755. The van der Waals surface area contributed by atoms with Gasteiger partial charge in [0.2, 0.25) is 11.8 Å². The van der Waals surface area contributed by atoms with Crippen LogP contribution in [0.2, 0.25) is 0 Å². The smallest absolute Gasteiger partial charge is 0.244 e. The van der Waals surface area contributed by atoms with Crippen LogP contribution >= 0.6 is 0 Å². The number of hydrogen-bond donors (Lipinski definition) is 2. The van der Waals surface area contributed by atoms with Crippen LogP contribution in [0.3, 0.4) is 0 Å². The van der Waals surface area contributed by atoms with E-state index < -0.39 is 6.04 Å². The predicted molar refractivity (Wildman–Crippen MR) is 75.3 cm³/mol. The lowest BCUT2D eigenvalue weighted by Crippen LogP contribution is -2.50. The summed E-state index contributed by atoms with van der Waals surface area (Å²) < 4.78 is 5.31. The molecule has 2 unspecified atom stereocenters. The van der Waals surface area contributed by atoms with Gasteiger partial charge in [0.25, 0.3) is 0 Å². The molecule has 2 amide bonds. The minimum atomic E-state index is -0.440. The maximum atomic E-state index is 12.2. The minimum absolute atomic E-state index is 0.0332. The van der Waals surface area contributed by atoms with E-state index in [0.717, 1.165) is 32.5 Å². The van der Waals surface area contributed by atoms with Crippen molar-refractivity contribution in [2.45, 2.75) is 44.7 Å². The highest BCUT2D eigenvalue weighted by Crippen LogP contribution is 2.10. The molecule has 2 aliphatic heterocycles. The second-order valence-electron chi connectivity index (χ2n) is 5.61. The van der Waals surface area contributed by atoms with Crippen molar-refractivity contribution in [3.8, 4) is 0 Å². The van der Waals surface area contributed by atoms with E-state index in [-0.39, 0.29) is 17.9 Å². The van der Waals surface area contributed by atoms with Gasteiger partial charge in [-0.1, -0.05) is 0 Å². The van der Waals surface area contributed by atoms with Crippen LogP contribution in [-0.4, -0.2) is 61.6 Å². The number of ether oxygens (including phenoxy) is 1. The average molecular weight is 283 g/mol. The molecule has 0 aliphatic carbocycles. The Morgan fingerprint density at radius 2 is 2.10 bits per heavy atom. The number of likely N-dealkylation sites (tertiary alicyclic amines) is 1. The summed E-state index contributed by atoms with van der Waals surface area (Å²) in [5, 5.41) is 6.03. The molecule has 2 heterocycles. The Kier molecular flexibility index (Phi) is 5.79.